The summed E-state index contributed by atoms with van der Waals surface area (Å²) in [5.41, 5.74) is 0. The molecule has 0 saturated heterocycles. The molecular weight excluding hydrogens is 266 g/mol. The molecule has 0 aromatic carbocycles. The van der Waals surface area contributed by atoms with Crippen molar-refractivity contribution >= 4 is 0 Å². The van der Waals surface area contributed by atoms with Crippen LogP contribution < -0.4 is 5.32 Å². The summed E-state index contributed by atoms with van der Waals surface area (Å²) in [7, 11) is 0. The quantitative estimate of drug-likeness (QED) is 0.501. The lowest BCUT2D eigenvalue weighted by atomic mass is 9.98. The van der Waals surface area contributed by atoms with Crippen molar-refractivity contribution in [2.45, 2.75) is 46.0 Å². The van der Waals surface area contributed by atoms with Gasteiger partial charge < -0.3 is 19.5 Å². The lowest BCUT2D eigenvalue weighted by Gasteiger charge is -2.15. The Morgan fingerprint density at radius 2 is 1.57 bits per heavy atom. The Balaban J connectivity index is 1.71. The van der Waals surface area contributed by atoms with Crippen molar-refractivity contribution in [3.8, 4) is 0 Å². The zero-order valence-corrected chi connectivity index (χ0v) is 14.1. The Hall–Kier alpha value is -0.160. The highest BCUT2D eigenvalue weighted by atomic mass is 16.5. The lowest BCUT2D eigenvalue weighted by molar-refractivity contribution is 0.0145. The molecule has 4 heteroatoms. The molecule has 2 unspecified atom stereocenters. The fourth-order valence-corrected chi connectivity index (χ4v) is 2.75. The van der Waals surface area contributed by atoms with Gasteiger partial charge in [0.25, 0.3) is 0 Å². The van der Waals surface area contributed by atoms with Crippen LogP contribution in [0.15, 0.2) is 0 Å². The fraction of sp³-hybridized carbons (Fsp3) is 1.00. The van der Waals surface area contributed by atoms with Crippen LogP contribution in [-0.2, 0) is 14.2 Å². The maximum Gasteiger partial charge on any atom is 0.0701 e. The van der Waals surface area contributed by atoms with Crippen LogP contribution in [0.1, 0.15) is 46.0 Å². The smallest absolute Gasteiger partial charge is 0.0701 e. The van der Waals surface area contributed by atoms with E-state index in [0.717, 1.165) is 44.6 Å². The summed E-state index contributed by atoms with van der Waals surface area (Å²) in [6.07, 6.45) is 6.52. The van der Waals surface area contributed by atoms with Crippen molar-refractivity contribution in [3.05, 3.63) is 0 Å². The van der Waals surface area contributed by atoms with Gasteiger partial charge in [-0.15, -0.1) is 0 Å². The molecule has 126 valence electrons. The Morgan fingerprint density at radius 1 is 0.905 bits per heavy atom. The lowest BCUT2D eigenvalue weighted by Crippen LogP contribution is -2.27. The van der Waals surface area contributed by atoms with E-state index in [1.54, 1.807) is 0 Å². The number of hydrogen-bond acceptors (Lipinski definition) is 4. The second-order valence-electron chi connectivity index (χ2n) is 6.06. The number of nitrogens with one attached hydrogen (secondary N) is 1. The minimum atomic E-state index is 0.663. The standard InChI is InChI=1S/C17H35NO3/c1-3-4-9-19-11-13-21-14-12-20-10-8-18-15-17-7-5-6-16(17)2/h16-18H,3-15H2,1-2H3. The van der Waals surface area contributed by atoms with Gasteiger partial charge in [-0.1, -0.05) is 33.1 Å². The zero-order chi connectivity index (χ0) is 15.2. The first-order valence-corrected chi connectivity index (χ1v) is 8.78. The van der Waals surface area contributed by atoms with E-state index in [-0.39, 0.29) is 0 Å². The summed E-state index contributed by atoms with van der Waals surface area (Å²) < 4.78 is 16.4. The average Bonchev–Trinajstić information content (AvgIpc) is 2.89. The molecule has 2 atom stereocenters. The third-order valence-electron chi connectivity index (χ3n) is 4.26. The van der Waals surface area contributed by atoms with E-state index in [0.29, 0.717) is 26.4 Å². The van der Waals surface area contributed by atoms with Crippen LogP contribution in [0.2, 0.25) is 0 Å². The summed E-state index contributed by atoms with van der Waals surface area (Å²) in [6.45, 7) is 11.0. The third-order valence-corrected chi connectivity index (χ3v) is 4.26. The monoisotopic (exact) mass is 301 g/mol. The van der Waals surface area contributed by atoms with Gasteiger partial charge >= 0.3 is 0 Å². The molecule has 0 amide bonds. The van der Waals surface area contributed by atoms with E-state index in [2.05, 4.69) is 19.2 Å². The Morgan fingerprint density at radius 3 is 2.19 bits per heavy atom. The number of rotatable bonds is 14. The van der Waals surface area contributed by atoms with Crippen molar-refractivity contribution in [1.29, 1.82) is 0 Å². The van der Waals surface area contributed by atoms with Gasteiger partial charge in [-0.3, -0.25) is 0 Å². The predicted molar refractivity (Wildman–Crippen MR) is 86.7 cm³/mol. The molecule has 1 aliphatic carbocycles. The topological polar surface area (TPSA) is 39.7 Å². The molecule has 0 spiro atoms. The van der Waals surface area contributed by atoms with Gasteiger partial charge in [0.05, 0.1) is 33.0 Å². The van der Waals surface area contributed by atoms with Gasteiger partial charge in [0.2, 0.25) is 0 Å². The first-order valence-electron chi connectivity index (χ1n) is 8.78. The second kappa shape index (κ2) is 13.5. The van der Waals surface area contributed by atoms with Crippen LogP contribution in [0.4, 0.5) is 0 Å². The highest BCUT2D eigenvalue weighted by Gasteiger charge is 2.22. The molecule has 4 nitrogen and oxygen atoms in total. The predicted octanol–water partition coefficient (Wildman–Crippen LogP) is 2.86. The van der Waals surface area contributed by atoms with Gasteiger partial charge in [-0.25, -0.2) is 0 Å². The third kappa shape index (κ3) is 10.2. The second-order valence-corrected chi connectivity index (χ2v) is 6.06. The van der Waals surface area contributed by atoms with Crippen molar-refractivity contribution in [2.75, 3.05) is 52.7 Å². The van der Waals surface area contributed by atoms with Gasteiger partial charge in [0.1, 0.15) is 0 Å². The van der Waals surface area contributed by atoms with Crippen LogP contribution in [0, 0.1) is 11.8 Å². The number of hydrogen-bond donors (Lipinski definition) is 1. The van der Waals surface area contributed by atoms with E-state index in [4.69, 9.17) is 14.2 Å². The minimum absolute atomic E-state index is 0.663. The minimum Gasteiger partial charge on any atom is -0.379 e. The SMILES string of the molecule is CCCCOCCOCCOCCNCC1CCCC1C. The summed E-state index contributed by atoms with van der Waals surface area (Å²) in [4.78, 5) is 0. The van der Waals surface area contributed by atoms with Crippen molar-refractivity contribution in [3.63, 3.8) is 0 Å². The largest absolute Gasteiger partial charge is 0.379 e. The Labute approximate surface area is 130 Å². The van der Waals surface area contributed by atoms with Crippen molar-refractivity contribution in [1.82, 2.24) is 5.32 Å². The normalized spacial score (nSPS) is 22.0. The van der Waals surface area contributed by atoms with Crippen LogP contribution >= 0.6 is 0 Å². The average molecular weight is 301 g/mol. The number of unbranched alkanes of at least 4 members (excludes halogenated alkanes) is 1. The van der Waals surface area contributed by atoms with Gasteiger partial charge in [0.15, 0.2) is 0 Å². The highest BCUT2D eigenvalue weighted by molar-refractivity contribution is 4.75. The van der Waals surface area contributed by atoms with Crippen LogP contribution in [0.25, 0.3) is 0 Å². The van der Waals surface area contributed by atoms with Crippen LogP contribution in [0.5, 0.6) is 0 Å². The van der Waals surface area contributed by atoms with E-state index in [9.17, 15) is 0 Å². The molecule has 1 rings (SSSR count). The molecule has 0 aliphatic heterocycles. The van der Waals surface area contributed by atoms with Crippen LogP contribution in [-0.4, -0.2) is 52.7 Å². The summed E-state index contributed by atoms with van der Waals surface area (Å²) in [5.74, 6) is 1.77. The molecule has 1 saturated carbocycles. The Bertz CT molecular complexity index is 226. The molecule has 0 aromatic heterocycles. The highest BCUT2D eigenvalue weighted by Crippen LogP contribution is 2.30. The van der Waals surface area contributed by atoms with E-state index >= 15 is 0 Å². The molecule has 0 bridgehead atoms. The zero-order valence-electron chi connectivity index (χ0n) is 14.1. The molecule has 21 heavy (non-hydrogen) atoms. The molecule has 1 fully saturated rings. The summed E-state index contributed by atoms with van der Waals surface area (Å²) >= 11 is 0. The van der Waals surface area contributed by atoms with Crippen LogP contribution in [0.3, 0.4) is 0 Å². The van der Waals surface area contributed by atoms with Gasteiger partial charge in [0, 0.05) is 13.2 Å². The maximum atomic E-state index is 5.54. The van der Waals surface area contributed by atoms with Gasteiger partial charge in [-0.2, -0.15) is 0 Å². The van der Waals surface area contributed by atoms with E-state index in [1.807, 2.05) is 0 Å². The molecule has 1 N–H and O–H groups in total. The van der Waals surface area contributed by atoms with E-state index < -0.39 is 0 Å². The van der Waals surface area contributed by atoms with Crippen molar-refractivity contribution < 1.29 is 14.2 Å². The Kier molecular flexibility index (Phi) is 12.1. The van der Waals surface area contributed by atoms with Crippen molar-refractivity contribution in [2.24, 2.45) is 11.8 Å². The summed E-state index contributed by atoms with van der Waals surface area (Å²) in [5, 5.41) is 3.50. The molecule has 0 radical (unpaired) electrons. The van der Waals surface area contributed by atoms with Gasteiger partial charge in [-0.05, 0) is 31.2 Å². The molecule has 1 aliphatic rings. The first kappa shape index (κ1) is 18.9. The molecular formula is C17H35NO3. The molecule has 0 aromatic rings. The molecule has 0 heterocycles. The first-order chi connectivity index (χ1) is 10.3. The maximum absolute atomic E-state index is 5.54. The number of ether oxygens (including phenoxy) is 3. The summed E-state index contributed by atoms with van der Waals surface area (Å²) in [6, 6.07) is 0. The van der Waals surface area contributed by atoms with E-state index in [1.165, 1.54) is 25.7 Å². The fourth-order valence-electron chi connectivity index (χ4n) is 2.75.